The van der Waals surface area contributed by atoms with Crippen LogP contribution in [0, 0.1) is 5.92 Å². The number of anilines is 1. The molecule has 0 unspecified atom stereocenters. The van der Waals surface area contributed by atoms with Crippen molar-refractivity contribution in [2.45, 2.75) is 51.8 Å². The molecule has 2 aliphatic rings. The second-order valence-electron chi connectivity index (χ2n) is 8.69. The molecule has 30 heavy (non-hydrogen) atoms. The summed E-state index contributed by atoms with van der Waals surface area (Å²) >= 11 is 0. The fourth-order valence-electron chi connectivity index (χ4n) is 4.59. The second kappa shape index (κ2) is 9.75. The van der Waals surface area contributed by atoms with Crippen molar-refractivity contribution >= 4 is 5.69 Å². The van der Waals surface area contributed by atoms with Crippen molar-refractivity contribution in [1.82, 2.24) is 25.1 Å². The molecule has 1 aromatic carbocycles. The predicted molar refractivity (Wildman–Crippen MR) is 116 cm³/mol. The van der Waals surface area contributed by atoms with Gasteiger partial charge in [-0.3, -0.25) is 4.90 Å². The van der Waals surface area contributed by atoms with Gasteiger partial charge in [0.25, 0.3) is 0 Å². The number of methoxy groups -OCH3 is 1. The van der Waals surface area contributed by atoms with Crippen molar-refractivity contribution in [2.75, 3.05) is 44.8 Å². The van der Waals surface area contributed by atoms with E-state index >= 15 is 0 Å². The smallest absolute Gasteiger partial charge is 0.168 e. The van der Waals surface area contributed by atoms with Crippen LogP contribution < -0.4 is 9.64 Å². The monoisotopic (exact) mass is 414 g/mol. The first-order chi connectivity index (χ1) is 14.7. The van der Waals surface area contributed by atoms with Crippen LogP contribution in [0.2, 0.25) is 0 Å². The van der Waals surface area contributed by atoms with Crippen molar-refractivity contribution in [1.29, 1.82) is 0 Å². The molecular weight excluding hydrogens is 380 g/mol. The molecule has 2 aliphatic heterocycles. The van der Waals surface area contributed by atoms with Crippen molar-refractivity contribution in [3.8, 4) is 5.75 Å². The minimum atomic E-state index is 0.223. The highest BCUT2D eigenvalue weighted by Gasteiger charge is 2.31. The maximum Gasteiger partial charge on any atom is 0.168 e. The van der Waals surface area contributed by atoms with Gasteiger partial charge in [0.1, 0.15) is 5.75 Å². The fourth-order valence-corrected chi connectivity index (χ4v) is 4.59. The summed E-state index contributed by atoms with van der Waals surface area (Å²) in [6.07, 6.45) is 3.49. The molecule has 0 radical (unpaired) electrons. The fraction of sp³-hybridized carbons (Fsp3) is 0.682. The quantitative estimate of drug-likeness (QED) is 0.658. The Balaban J connectivity index is 1.47. The highest BCUT2D eigenvalue weighted by atomic mass is 16.5. The molecule has 2 saturated heterocycles. The lowest BCUT2D eigenvalue weighted by Crippen LogP contribution is -2.48. The van der Waals surface area contributed by atoms with Gasteiger partial charge in [0.2, 0.25) is 0 Å². The van der Waals surface area contributed by atoms with Crippen LogP contribution in [0.5, 0.6) is 5.75 Å². The van der Waals surface area contributed by atoms with Crippen LogP contribution in [0.4, 0.5) is 5.69 Å². The zero-order valence-electron chi connectivity index (χ0n) is 18.4. The first-order valence-electron chi connectivity index (χ1n) is 11.2. The summed E-state index contributed by atoms with van der Waals surface area (Å²) < 4.78 is 13.4. The average molecular weight is 415 g/mol. The third kappa shape index (κ3) is 4.75. The third-order valence-corrected chi connectivity index (χ3v) is 6.13. The van der Waals surface area contributed by atoms with E-state index < -0.39 is 0 Å². The first-order valence-corrected chi connectivity index (χ1v) is 11.2. The number of benzene rings is 1. The molecule has 1 aromatic heterocycles. The summed E-state index contributed by atoms with van der Waals surface area (Å²) in [5.41, 5.74) is 1.17. The van der Waals surface area contributed by atoms with Crippen LogP contribution in [-0.4, -0.2) is 71.1 Å². The number of aromatic nitrogens is 4. The van der Waals surface area contributed by atoms with Crippen LogP contribution in [0.3, 0.4) is 0 Å². The summed E-state index contributed by atoms with van der Waals surface area (Å²) in [7, 11) is 1.74. The molecule has 4 rings (SSSR count). The lowest BCUT2D eigenvalue weighted by molar-refractivity contribution is 0.0885. The lowest BCUT2D eigenvalue weighted by atomic mass is 10.0. The summed E-state index contributed by atoms with van der Waals surface area (Å²) in [4.78, 5) is 4.96. The molecule has 8 nitrogen and oxygen atoms in total. The van der Waals surface area contributed by atoms with E-state index in [0.29, 0.717) is 5.92 Å². The second-order valence-corrected chi connectivity index (χ2v) is 8.69. The van der Waals surface area contributed by atoms with Gasteiger partial charge in [0.05, 0.1) is 31.5 Å². The van der Waals surface area contributed by atoms with Gasteiger partial charge in [-0.2, -0.15) is 0 Å². The Hall–Kier alpha value is -2.19. The number of hydrogen-bond donors (Lipinski definition) is 0. The first kappa shape index (κ1) is 21.1. The van der Waals surface area contributed by atoms with Gasteiger partial charge in [-0.25, -0.2) is 4.68 Å². The van der Waals surface area contributed by atoms with E-state index in [1.54, 1.807) is 7.11 Å². The van der Waals surface area contributed by atoms with Gasteiger partial charge < -0.3 is 14.4 Å². The molecule has 0 spiro atoms. The van der Waals surface area contributed by atoms with Gasteiger partial charge >= 0.3 is 0 Å². The number of rotatable bonds is 8. The molecule has 3 heterocycles. The van der Waals surface area contributed by atoms with Crippen LogP contribution in [0.15, 0.2) is 24.3 Å². The minimum absolute atomic E-state index is 0.223. The van der Waals surface area contributed by atoms with Gasteiger partial charge in [-0.1, -0.05) is 26.0 Å². The normalized spacial score (nSPS) is 21.3. The average Bonchev–Trinajstić information content (AvgIpc) is 3.45. The van der Waals surface area contributed by atoms with Gasteiger partial charge in [0, 0.05) is 32.8 Å². The number of para-hydroxylation sites is 2. The van der Waals surface area contributed by atoms with E-state index in [9.17, 15) is 0 Å². The Kier molecular flexibility index (Phi) is 6.84. The number of ether oxygens (including phenoxy) is 2. The Morgan fingerprint density at radius 3 is 2.67 bits per heavy atom. The molecule has 0 bridgehead atoms. The Labute approximate surface area is 179 Å². The zero-order valence-corrected chi connectivity index (χ0v) is 18.4. The van der Waals surface area contributed by atoms with Crippen molar-refractivity contribution in [3.05, 3.63) is 30.1 Å². The summed E-state index contributed by atoms with van der Waals surface area (Å²) in [5.74, 6) is 2.48. The number of nitrogens with zero attached hydrogens (tertiary/aromatic N) is 6. The molecular formula is C22H34N6O2. The van der Waals surface area contributed by atoms with Crippen molar-refractivity contribution in [3.63, 3.8) is 0 Å². The standard InChI is InChI=1S/C22H34N6O2/c1-17(2)15-20(22-23-24-25-28(22)16-18-7-6-14-30-18)27-12-10-26(11-13-27)19-8-4-5-9-21(19)29-3/h4-5,8-9,17-18,20H,6-7,10-16H2,1-3H3/t18-,20+/m0/s1. The maximum absolute atomic E-state index is 5.82. The molecule has 2 fully saturated rings. The summed E-state index contributed by atoms with van der Waals surface area (Å²) in [6, 6.07) is 8.49. The highest BCUT2D eigenvalue weighted by Crippen LogP contribution is 2.32. The number of piperazine rings is 1. The van der Waals surface area contributed by atoms with E-state index in [2.05, 4.69) is 51.3 Å². The van der Waals surface area contributed by atoms with Crippen LogP contribution in [0.25, 0.3) is 0 Å². The van der Waals surface area contributed by atoms with Gasteiger partial charge in [-0.05, 0) is 47.7 Å². The van der Waals surface area contributed by atoms with E-state index in [0.717, 1.165) is 70.2 Å². The molecule has 0 amide bonds. The lowest BCUT2D eigenvalue weighted by Gasteiger charge is -2.40. The predicted octanol–water partition coefficient (Wildman–Crippen LogP) is 2.77. The third-order valence-electron chi connectivity index (χ3n) is 6.13. The molecule has 164 valence electrons. The number of tetrazole rings is 1. The van der Waals surface area contributed by atoms with Gasteiger partial charge in [0.15, 0.2) is 5.82 Å². The number of hydrogen-bond acceptors (Lipinski definition) is 7. The molecule has 8 heteroatoms. The Morgan fingerprint density at radius 2 is 1.97 bits per heavy atom. The molecule has 0 saturated carbocycles. The largest absolute Gasteiger partial charge is 0.495 e. The van der Waals surface area contributed by atoms with Crippen LogP contribution in [-0.2, 0) is 11.3 Å². The van der Waals surface area contributed by atoms with Crippen molar-refractivity contribution < 1.29 is 9.47 Å². The molecule has 2 aromatic rings. The SMILES string of the molecule is COc1ccccc1N1CCN([C@H](CC(C)C)c2nnnn2C[C@@H]2CCCO2)CC1. The minimum Gasteiger partial charge on any atom is -0.495 e. The molecule has 2 atom stereocenters. The topological polar surface area (TPSA) is 68.5 Å². The Morgan fingerprint density at radius 1 is 1.17 bits per heavy atom. The van der Waals surface area contributed by atoms with E-state index in [-0.39, 0.29) is 12.1 Å². The van der Waals surface area contributed by atoms with Crippen LogP contribution >= 0.6 is 0 Å². The zero-order chi connectivity index (χ0) is 20.9. The maximum atomic E-state index is 5.82. The summed E-state index contributed by atoms with van der Waals surface area (Å²) in [5, 5.41) is 12.8. The molecule has 0 aliphatic carbocycles. The highest BCUT2D eigenvalue weighted by molar-refractivity contribution is 5.58. The van der Waals surface area contributed by atoms with Crippen molar-refractivity contribution in [2.24, 2.45) is 5.92 Å². The molecule has 0 N–H and O–H groups in total. The Bertz CT molecular complexity index is 796. The van der Waals surface area contributed by atoms with E-state index in [1.807, 2.05) is 16.8 Å². The van der Waals surface area contributed by atoms with E-state index in [4.69, 9.17) is 9.47 Å². The summed E-state index contributed by atoms with van der Waals surface area (Å²) in [6.45, 7) is 10.0. The van der Waals surface area contributed by atoms with Gasteiger partial charge in [-0.15, -0.1) is 5.10 Å². The van der Waals surface area contributed by atoms with Crippen LogP contribution in [0.1, 0.15) is 45.0 Å². The van der Waals surface area contributed by atoms with E-state index in [1.165, 1.54) is 5.69 Å².